The Hall–Kier alpha value is -3.87. The molecule has 0 bridgehead atoms. The molecule has 2 atom stereocenters. The van der Waals surface area contributed by atoms with E-state index >= 15 is 0 Å². The second-order valence-corrected chi connectivity index (χ2v) is 8.36. The van der Waals surface area contributed by atoms with Crippen LogP contribution in [0.3, 0.4) is 0 Å². The second kappa shape index (κ2) is 9.17. The number of hydrogen-bond donors (Lipinski definition) is 2. The summed E-state index contributed by atoms with van der Waals surface area (Å²) in [7, 11) is 1.66. The van der Waals surface area contributed by atoms with Crippen molar-refractivity contribution in [1.82, 2.24) is 15.2 Å². The van der Waals surface area contributed by atoms with Crippen molar-refractivity contribution in [3.8, 4) is 17.2 Å². The molecule has 4 aromatic rings. The molecule has 1 saturated heterocycles. The Bertz CT molecular complexity index is 1450. The molecule has 0 radical (unpaired) electrons. The van der Waals surface area contributed by atoms with Crippen molar-refractivity contribution in [3.05, 3.63) is 58.8 Å². The maximum Gasteiger partial charge on any atom is 0.419 e. The van der Waals surface area contributed by atoms with Gasteiger partial charge in [-0.2, -0.15) is 5.26 Å². The summed E-state index contributed by atoms with van der Waals surface area (Å²) < 4.78 is 18.1. The maximum absolute atomic E-state index is 12.6. The van der Waals surface area contributed by atoms with Crippen LogP contribution in [0.25, 0.3) is 33.2 Å². The molecule has 0 saturated carbocycles. The highest BCUT2D eigenvalue weighted by Gasteiger charge is 2.24. The predicted octanol–water partition coefficient (Wildman–Crippen LogP) is 2.47. The number of carbonyl (C=O) groups excluding carboxylic acids is 1. The molecule has 2 aromatic carbocycles. The number of fused-ring (bicyclic) bond motifs is 2. The minimum atomic E-state index is -0.708. The molecule has 1 fully saturated rings. The van der Waals surface area contributed by atoms with E-state index in [9.17, 15) is 14.9 Å². The summed E-state index contributed by atoms with van der Waals surface area (Å²) in [5.41, 5.74) is 4.49. The van der Waals surface area contributed by atoms with Crippen LogP contribution in [0, 0.1) is 11.3 Å². The quantitative estimate of drug-likeness (QED) is 0.469. The van der Waals surface area contributed by atoms with Gasteiger partial charge in [0.05, 0.1) is 17.8 Å². The van der Waals surface area contributed by atoms with Crippen LogP contribution in [0.15, 0.2) is 56.3 Å². The minimum Gasteiger partial charge on any atom is -0.464 e. The number of rotatable bonds is 5. The molecule has 0 aliphatic carbocycles. The zero-order valence-corrected chi connectivity index (χ0v) is 18.7. The lowest BCUT2D eigenvalue weighted by molar-refractivity contribution is -0.132. The first-order valence-electron chi connectivity index (χ1n) is 11.2. The number of aryl methyl sites for hydroxylation is 1. The van der Waals surface area contributed by atoms with E-state index in [0.717, 1.165) is 35.0 Å². The number of oxazole rings is 1. The van der Waals surface area contributed by atoms with Crippen molar-refractivity contribution in [1.29, 1.82) is 5.26 Å². The standard InChI is InChI=1S/C25H24N4O5/c1-29-20-12-16(4-6-21(20)34-25(29)31)18-5-3-15(19-7-10-33-23(18)19)11-17(13-26)28-24(30)22-14-27-8-2-9-32-22/h3-7,10,12,17,22,27H,2,8-9,11,14H2,1H3,(H,28,30). The van der Waals surface area contributed by atoms with E-state index in [1.807, 2.05) is 30.3 Å². The number of amides is 1. The van der Waals surface area contributed by atoms with Crippen molar-refractivity contribution in [2.75, 3.05) is 19.7 Å². The molecular weight excluding hydrogens is 436 g/mol. The highest BCUT2D eigenvalue weighted by atomic mass is 16.5. The number of furan rings is 1. The average Bonchev–Trinajstić information content (AvgIpc) is 3.32. The Balaban J connectivity index is 1.41. The lowest BCUT2D eigenvalue weighted by Gasteiger charge is -2.18. The number of aromatic nitrogens is 1. The van der Waals surface area contributed by atoms with Crippen LogP contribution in [0.4, 0.5) is 0 Å². The van der Waals surface area contributed by atoms with Gasteiger partial charge in [0.15, 0.2) is 5.58 Å². The fourth-order valence-electron chi connectivity index (χ4n) is 4.32. The van der Waals surface area contributed by atoms with E-state index in [0.29, 0.717) is 36.3 Å². The van der Waals surface area contributed by atoms with Crippen molar-refractivity contribution in [2.45, 2.75) is 25.0 Å². The van der Waals surface area contributed by atoms with Gasteiger partial charge in [0.1, 0.15) is 17.7 Å². The van der Waals surface area contributed by atoms with E-state index in [1.54, 1.807) is 19.4 Å². The fraction of sp³-hybridized carbons (Fsp3) is 0.320. The Kier molecular flexibility index (Phi) is 5.92. The second-order valence-electron chi connectivity index (χ2n) is 8.36. The lowest BCUT2D eigenvalue weighted by Crippen LogP contribution is -2.46. The van der Waals surface area contributed by atoms with Gasteiger partial charge < -0.3 is 24.2 Å². The predicted molar refractivity (Wildman–Crippen MR) is 125 cm³/mol. The number of nitrogens with one attached hydrogen (secondary N) is 2. The Morgan fingerprint density at radius 2 is 2.21 bits per heavy atom. The molecular formula is C25H24N4O5. The summed E-state index contributed by atoms with van der Waals surface area (Å²) in [6.45, 7) is 1.75. The maximum atomic E-state index is 12.6. The van der Waals surface area contributed by atoms with Gasteiger partial charge in [-0.25, -0.2) is 4.79 Å². The molecule has 174 valence electrons. The topological polar surface area (TPSA) is 122 Å². The third-order valence-electron chi connectivity index (χ3n) is 6.14. The van der Waals surface area contributed by atoms with E-state index in [-0.39, 0.29) is 5.91 Å². The van der Waals surface area contributed by atoms with Gasteiger partial charge in [0.25, 0.3) is 5.91 Å². The number of benzene rings is 2. The van der Waals surface area contributed by atoms with Crippen LogP contribution in [0.5, 0.6) is 0 Å². The first kappa shape index (κ1) is 21.9. The number of ether oxygens (including phenoxy) is 1. The molecule has 2 N–H and O–H groups in total. The van der Waals surface area contributed by atoms with E-state index in [2.05, 4.69) is 16.7 Å². The Morgan fingerprint density at radius 1 is 1.32 bits per heavy atom. The molecule has 1 aliphatic heterocycles. The van der Waals surface area contributed by atoms with Gasteiger partial charge in [0, 0.05) is 37.6 Å². The van der Waals surface area contributed by atoms with Gasteiger partial charge in [-0.15, -0.1) is 0 Å². The third-order valence-corrected chi connectivity index (χ3v) is 6.14. The van der Waals surface area contributed by atoms with Gasteiger partial charge in [-0.3, -0.25) is 9.36 Å². The molecule has 5 rings (SSSR count). The molecule has 9 nitrogen and oxygen atoms in total. The smallest absolute Gasteiger partial charge is 0.419 e. The zero-order chi connectivity index (χ0) is 23.7. The Labute approximate surface area is 194 Å². The van der Waals surface area contributed by atoms with Crippen molar-refractivity contribution >= 4 is 28.0 Å². The van der Waals surface area contributed by atoms with Gasteiger partial charge in [0.2, 0.25) is 0 Å². The number of nitriles is 1. The number of hydrogen-bond acceptors (Lipinski definition) is 7. The lowest BCUT2D eigenvalue weighted by atomic mass is 9.96. The first-order valence-corrected chi connectivity index (χ1v) is 11.2. The highest BCUT2D eigenvalue weighted by molar-refractivity contribution is 5.96. The summed E-state index contributed by atoms with van der Waals surface area (Å²) in [6.07, 6.45) is 2.17. The van der Waals surface area contributed by atoms with Crippen molar-refractivity contribution in [2.24, 2.45) is 7.05 Å². The molecule has 34 heavy (non-hydrogen) atoms. The average molecular weight is 460 g/mol. The van der Waals surface area contributed by atoms with Crippen LogP contribution in [0.1, 0.15) is 12.0 Å². The summed E-state index contributed by atoms with van der Waals surface area (Å²) in [4.78, 5) is 24.5. The molecule has 2 unspecified atom stereocenters. The monoisotopic (exact) mass is 460 g/mol. The van der Waals surface area contributed by atoms with Gasteiger partial charge in [-0.1, -0.05) is 18.2 Å². The summed E-state index contributed by atoms with van der Waals surface area (Å²) in [5, 5.41) is 16.5. The molecule has 9 heteroatoms. The fourth-order valence-corrected chi connectivity index (χ4v) is 4.32. The van der Waals surface area contributed by atoms with Crippen LogP contribution < -0.4 is 16.4 Å². The summed E-state index contributed by atoms with van der Waals surface area (Å²) >= 11 is 0. The van der Waals surface area contributed by atoms with E-state index < -0.39 is 17.9 Å². The normalized spacial score (nSPS) is 17.4. The summed E-state index contributed by atoms with van der Waals surface area (Å²) in [6, 6.07) is 12.7. The number of carbonyl (C=O) groups is 1. The molecule has 1 amide bonds. The first-order chi connectivity index (χ1) is 16.5. The largest absolute Gasteiger partial charge is 0.464 e. The highest BCUT2D eigenvalue weighted by Crippen LogP contribution is 2.33. The van der Waals surface area contributed by atoms with Crippen LogP contribution in [0.2, 0.25) is 0 Å². The SMILES string of the molecule is Cn1c(=O)oc2ccc(-c3ccc(CC(C#N)NC(=O)C4CNCCCO4)c4ccoc34)cc21. The van der Waals surface area contributed by atoms with E-state index in [4.69, 9.17) is 13.6 Å². The molecule has 3 heterocycles. The van der Waals surface area contributed by atoms with Crippen LogP contribution >= 0.6 is 0 Å². The van der Waals surface area contributed by atoms with Crippen LogP contribution in [-0.2, 0) is 23.0 Å². The minimum absolute atomic E-state index is 0.292. The summed E-state index contributed by atoms with van der Waals surface area (Å²) in [5.74, 6) is -0.708. The van der Waals surface area contributed by atoms with Gasteiger partial charge >= 0.3 is 5.76 Å². The Morgan fingerprint density at radius 3 is 3.06 bits per heavy atom. The molecule has 1 aliphatic rings. The third kappa shape index (κ3) is 4.09. The molecule has 0 spiro atoms. The molecule has 2 aromatic heterocycles. The van der Waals surface area contributed by atoms with Crippen LogP contribution in [-0.4, -0.2) is 42.3 Å². The van der Waals surface area contributed by atoms with Gasteiger partial charge in [-0.05, 0) is 42.3 Å². The van der Waals surface area contributed by atoms with E-state index in [1.165, 1.54) is 4.57 Å². The number of nitrogens with zero attached hydrogens (tertiary/aromatic N) is 2. The zero-order valence-electron chi connectivity index (χ0n) is 18.7. The van der Waals surface area contributed by atoms with Crippen molar-refractivity contribution < 1.29 is 18.4 Å². The van der Waals surface area contributed by atoms with Crippen molar-refractivity contribution in [3.63, 3.8) is 0 Å².